The van der Waals surface area contributed by atoms with Crippen LogP contribution in [0.5, 0.6) is 11.5 Å². The van der Waals surface area contributed by atoms with E-state index in [1.807, 2.05) is 39.0 Å². The number of nitrogens with one attached hydrogen (secondary N) is 1. The van der Waals surface area contributed by atoms with Crippen LogP contribution in [-0.2, 0) is 16.9 Å². The van der Waals surface area contributed by atoms with Gasteiger partial charge >= 0.3 is 0 Å². The molecule has 0 unspecified atom stereocenters. The van der Waals surface area contributed by atoms with Crippen LogP contribution >= 0.6 is 11.8 Å². The minimum atomic E-state index is 0. The highest BCUT2D eigenvalue weighted by Crippen LogP contribution is 2.36. The number of nitrogens with zero attached hydrogens (tertiary/aromatic N) is 4. The lowest BCUT2D eigenvalue weighted by Gasteiger charge is -2.01. The van der Waals surface area contributed by atoms with Crippen LogP contribution in [0.2, 0.25) is 0 Å². The number of fused-ring (bicyclic) bond motifs is 1. The summed E-state index contributed by atoms with van der Waals surface area (Å²) in [5.41, 5.74) is 1.75. The molecule has 2 aromatic heterocycles. The molecule has 9 nitrogen and oxygen atoms in total. The van der Waals surface area contributed by atoms with Gasteiger partial charge < -0.3 is 18.6 Å². The van der Waals surface area contributed by atoms with Crippen molar-refractivity contribution in [3.63, 3.8) is 0 Å². The molecule has 10 heteroatoms. The molecular weight excluding hydrogens is 382 g/mol. The molecule has 152 valence electrons. The number of ether oxygens (including phenoxy) is 3. The first-order valence-electron chi connectivity index (χ1n) is 9.04. The Morgan fingerprint density at radius 3 is 2.93 bits per heavy atom. The molecule has 4 rings (SSSR count). The van der Waals surface area contributed by atoms with E-state index in [9.17, 15) is 0 Å². The Kier molecular flexibility index (Phi) is 7.26. The van der Waals surface area contributed by atoms with Gasteiger partial charge in [-0.3, -0.25) is 0 Å². The van der Waals surface area contributed by atoms with Gasteiger partial charge in [0.2, 0.25) is 12.7 Å². The summed E-state index contributed by atoms with van der Waals surface area (Å²) in [6, 6.07) is 5.65. The second-order valence-electron chi connectivity index (χ2n) is 5.54. The van der Waals surface area contributed by atoms with Crippen LogP contribution in [0.15, 0.2) is 22.6 Å². The SMILES string of the molecule is CC.Cc1oc(-c2ccc3c(c2)OCO3)nc1CCOCSCc1nn[nH]n1.[HH]. The van der Waals surface area contributed by atoms with Gasteiger partial charge in [-0.25, -0.2) is 4.98 Å². The van der Waals surface area contributed by atoms with Crippen molar-refractivity contribution in [3.05, 3.63) is 35.5 Å². The van der Waals surface area contributed by atoms with E-state index in [-0.39, 0.29) is 8.22 Å². The number of thioether (sulfide) groups is 1. The summed E-state index contributed by atoms with van der Waals surface area (Å²) in [4.78, 5) is 4.58. The Morgan fingerprint density at radius 2 is 2.11 bits per heavy atom. The largest absolute Gasteiger partial charge is 0.454 e. The van der Waals surface area contributed by atoms with Crippen molar-refractivity contribution < 1.29 is 20.1 Å². The standard InChI is InChI=1S/C16H17N5O4S.C2H6.H2/c1-10-12(4-5-22-9-26-7-15-18-20-21-19-15)17-16(25-10)11-2-3-13-14(6-11)24-8-23-13;1-2;/h2-3,6H,4-5,7-9H2,1H3,(H,18,19,20,21);1-2H3;1H. The van der Waals surface area contributed by atoms with Crippen molar-refractivity contribution in [2.24, 2.45) is 0 Å². The molecule has 0 bridgehead atoms. The summed E-state index contributed by atoms with van der Waals surface area (Å²) in [7, 11) is 0. The van der Waals surface area contributed by atoms with Gasteiger partial charge in [0.1, 0.15) is 5.76 Å². The van der Waals surface area contributed by atoms with Gasteiger partial charge in [0.05, 0.1) is 24.0 Å². The fourth-order valence-electron chi connectivity index (χ4n) is 2.48. The molecule has 0 atom stereocenters. The number of tetrazole rings is 1. The van der Waals surface area contributed by atoms with Crippen molar-refractivity contribution >= 4 is 11.8 Å². The Balaban J connectivity index is 0.000000970. The first-order valence-corrected chi connectivity index (χ1v) is 10.2. The minimum Gasteiger partial charge on any atom is -0.454 e. The van der Waals surface area contributed by atoms with E-state index in [0.717, 1.165) is 22.8 Å². The second-order valence-corrected chi connectivity index (χ2v) is 6.48. The summed E-state index contributed by atoms with van der Waals surface area (Å²) in [5.74, 6) is 4.70. The first-order chi connectivity index (χ1) is 13.8. The van der Waals surface area contributed by atoms with Gasteiger partial charge in [0, 0.05) is 13.4 Å². The molecule has 3 heterocycles. The zero-order valence-electron chi connectivity index (χ0n) is 16.1. The van der Waals surface area contributed by atoms with Crippen LogP contribution < -0.4 is 9.47 Å². The van der Waals surface area contributed by atoms with Crippen molar-refractivity contribution in [3.8, 4) is 23.0 Å². The third-order valence-electron chi connectivity index (χ3n) is 3.78. The van der Waals surface area contributed by atoms with Gasteiger partial charge in [-0.05, 0) is 25.1 Å². The minimum absolute atomic E-state index is 0. The van der Waals surface area contributed by atoms with Crippen LogP contribution in [-0.4, -0.2) is 44.9 Å². The number of aromatic amines is 1. The number of aromatic nitrogens is 5. The molecule has 1 N–H and O–H groups in total. The average Bonchev–Trinajstić information content (AvgIpc) is 3.47. The zero-order chi connectivity index (χ0) is 19.8. The molecular formula is C18H25N5O4S. The van der Waals surface area contributed by atoms with Crippen molar-refractivity contribution in [1.82, 2.24) is 25.6 Å². The Hall–Kier alpha value is -2.59. The molecule has 28 heavy (non-hydrogen) atoms. The summed E-state index contributed by atoms with van der Waals surface area (Å²) in [6.45, 7) is 6.72. The van der Waals surface area contributed by atoms with Gasteiger partial charge in [-0.15, -0.1) is 22.0 Å². The van der Waals surface area contributed by atoms with E-state index < -0.39 is 0 Å². The van der Waals surface area contributed by atoms with E-state index in [1.54, 1.807) is 11.8 Å². The highest BCUT2D eigenvalue weighted by Gasteiger charge is 2.17. The fourth-order valence-corrected chi connectivity index (χ4v) is 3.10. The number of hydrogen-bond donors (Lipinski definition) is 1. The second kappa shape index (κ2) is 10.1. The van der Waals surface area contributed by atoms with E-state index in [1.165, 1.54) is 0 Å². The van der Waals surface area contributed by atoms with E-state index in [0.29, 0.717) is 42.2 Å². The van der Waals surface area contributed by atoms with Gasteiger partial charge in [0.15, 0.2) is 17.3 Å². The average molecular weight is 407 g/mol. The molecule has 0 fully saturated rings. The normalized spacial score (nSPS) is 12.0. The van der Waals surface area contributed by atoms with Crippen LogP contribution in [0.25, 0.3) is 11.5 Å². The van der Waals surface area contributed by atoms with Crippen LogP contribution in [0.3, 0.4) is 0 Å². The van der Waals surface area contributed by atoms with Crippen LogP contribution in [0, 0.1) is 6.92 Å². The quantitative estimate of drug-likeness (QED) is 0.442. The molecule has 0 saturated carbocycles. The van der Waals surface area contributed by atoms with Crippen molar-refractivity contribution in [1.29, 1.82) is 0 Å². The molecule has 0 radical (unpaired) electrons. The lowest BCUT2D eigenvalue weighted by molar-refractivity contribution is 0.174. The molecule has 0 amide bonds. The smallest absolute Gasteiger partial charge is 0.231 e. The molecule has 1 aromatic carbocycles. The number of hydrogen-bond acceptors (Lipinski definition) is 9. The summed E-state index contributed by atoms with van der Waals surface area (Å²) in [5, 5.41) is 13.7. The Bertz CT molecular complexity index is 875. The molecule has 0 spiro atoms. The molecule has 1 aliphatic heterocycles. The highest BCUT2D eigenvalue weighted by molar-refractivity contribution is 7.98. The summed E-state index contributed by atoms with van der Waals surface area (Å²) < 4.78 is 22.1. The monoisotopic (exact) mass is 407 g/mol. The predicted octanol–water partition coefficient (Wildman–Crippen LogP) is 3.61. The molecule has 0 aliphatic carbocycles. The lowest BCUT2D eigenvalue weighted by Crippen LogP contribution is -2.00. The lowest BCUT2D eigenvalue weighted by atomic mass is 10.2. The van der Waals surface area contributed by atoms with Crippen molar-refractivity contribution in [2.45, 2.75) is 32.9 Å². The fraction of sp³-hybridized carbons (Fsp3) is 0.444. The number of aryl methyl sites for hydroxylation is 1. The van der Waals surface area contributed by atoms with Crippen LogP contribution in [0.4, 0.5) is 0 Å². The molecule has 1 aliphatic rings. The number of oxazole rings is 1. The predicted molar refractivity (Wildman–Crippen MR) is 106 cm³/mol. The number of benzene rings is 1. The topological polar surface area (TPSA) is 108 Å². The van der Waals surface area contributed by atoms with E-state index in [4.69, 9.17) is 18.6 Å². The van der Waals surface area contributed by atoms with Crippen molar-refractivity contribution in [2.75, 3.05) is 19.3 Å². The third kappa shape index (κ3) is 5.02. The maximum Gasteiger partial charge on any atom is 0.231 e. The maximum atomic E-state index is 5.79. The third-order valence-corrected chi connectivity index (χ3v) is 4.58. The maximum absolute atomic E-state index is 5.79. The first kappa shape index (κ1) is 20.2. The summed E-state index contributed by atoms with van der Waals surface area (Å²) in [6.07, 6.45) is 0.683. The Labute approximate surface area is 168 Å². The van der Waals surface area contributed by atoms with Gasteiger partial charge in [-0.1, -0.05) is 19.1 Å². The van der Waals surface area contributed by atoms with Crippen LogP contribution in [0.1, 0.15) is 32.6 Å². The van der Waals surface area contributed by atoms with Gasteiger partial charge in [-0.2, -0.15) is 5.21 Å². The van der Waals surface area contributed by atoms with E-state index >= 15 is 0 Å². The molecule has 0 saturated heterocycles. The molecule has 3 aromatic rings. The van der Waals surface area contributed by atoms with Gasteiger partial charge in [0.25, 0.3) is 0 Å². The number of H-pyrrole nitrogens is 1. The Morgan fingerprint density at radius 1 is 1.25 bits per heavy atom. The zero-order valence-corrected chi connectivity index (χ0v) is 16.9. The number of rotatable bonds is 8. The van der Waals surface area contributed by atoms with E-state index in [2.05, 4.69) is 25.6 Å². The summed E-state index contributed by atoms with van der Waals surface area (Å²) >= 11 is 1.59. The highest BCUT2D eigenvalue weighted by atomic mass is 32.2.